The van der Waals surface area contributed by atoms with Crippen molar-refractivity contribution in [3.8, 4) is 5.75 Å². The highest BCUT2D eigenvalue weighted by atomic mass is 19.1. The zero-order chi connectivity index (χ0) is 27.7. The number of fused-ring (bicyclic) bond motifs is 1. The van der Waals surface area contributed by atoms with Gasteiger partial charge in [0.15, 0.2) is 0 Å². The van der Waals surface area contributed by atoms with Crippen LogP contribution in [0.3, 0.4) is 0 Å². The average molecular weight is 517 g/mol. The Kier molecular flexibility index (Phi) is 7.39. The van der Waals surface area contributed by atoms with E-state index in [0.717, 1.165) is 22.3 Å². The summed E-state index contributed by atoms with van der Waals surface area (Å²) in [6.45, 7) is 5.37. The number of halogens is 1. The minimum Gasteiger partial charge on any atom is -0.508 e. The molecular weight excluding hydrogens is 483 g/mol. The fourth-order valence-electron chi connectivity index (χ4n) is 4.37. The molecule has 1 heterocycles. The second-order valence-corrected chi connectivity index (χ2v) is 9.76. The molecular formula is C29H33FN6O2. The van der Waals surface area contributed by atoms with E-state index in [1.807, 2.05) is 44.0 Å². The highest BCUT2D eigenvalue weighted by molar-refractivity contribution is 5.92. The molecule has 0 bridgehead atoms. The number of hydrogen-bond donors (Lipinski definition) is 3. The molecule has 4 aromatic rings. The number of carbonyl (C=O) groups is 1. The molecule has 0 aliphatic rings. The van der Waals surface area contributed by atoms with Crippen LogP contribution in [0.15, 0.2) is 48.5 Å². The molecule has 4 N–H and O–H groups in total. The lowest BCUT2D eigenvalue weighted by atomic mass is 10.0. The highest BCUT2D eigenvalue weighted by Crippen LogP contribution is 2.33. The van der Waals surface area contributed by atoms with Crippen molar-refractivity contribution < 1.29 is 14.3 Å². The maximum atomic E-state index is 14.9. The molecule has 0 aliphatic heterocycles. The molecule has 0 unspecified atom stereocenters. The first-order valence-corrected chi connectivity index (χ1v) is 12.3. The molecule has 3 aromatic carbocycles. The van der Waals surface area contributed by atoms with Gasteiger partial charge in [-0.05, 0) is 74.9 Å². The number of hydrogen-bond acceptors (Lipinski definition) is 7. The zero-order valence-corrected chi connectivity index (χ0v) is 22.5. The minimum absolute atomic E-state index is 0.0734. The summed E-state index contributed by atoms with van der Waals surface area (Å²) in [5.74, 6) is 0.841. The van der Waals surface area contributed by atoms with E-state index in [-0.39, 0.29) is 23.9 Å². The number of nitrogens with zero attached hydrogens (tertiary/aromatic N) is 4. The second kappa shape index (κ2) is 10.5. The Morgan fingerprint density at radius 3 is 2.45 bits per heavy atom. The van der Waals surface area contributed by atoms with Gasteiger partial charge in [0.1, 0.15) is 23.2 Å². The number of amides is 1. The van der Waals surface area contributed by atoms with Crippen molar-refractivity contribution in [2.45, 2.75) is 33.2 Å². The smallest absolute Gasteiger partial charge is 0.226 e. The monoisotopic (exact) mass is 516 g/mol. The number of aryl methyl sites for hydroxylation is 2. The molecule has 1 amide bonds. The molecule has 0 fully saturated rings. The van der Waals surface area contributed by atoms with Gasteiger partial charge in [0.25, 0.3) is 0 Å². The van der Waals surface area contributed by atoms with Crippen molar-refractivity contribution in [2.75, 3.05) is 37.1 Å². The molecule has 198 valence electrons. The standard InChI is InChI=1S/C29H33FN6O2/c1-16-11-20(31)14-23(28(16)30)17(2)32-29-24-15-22(7-9-25(24)33-18(3)34-29)36(6)21-8-10-26(37)19(12-21)13-27(38)35(4)5/h7-12,14-15,17,37H,13,31H2,1-6H3,(H,32,33,34)/t17-/m1/s1. The second-order valence-electron chi connectivity index (χ2n) is 9.76. The number of anilines is 4. The van der Waals surface area contributed by atoms with Crippen LogP contribution in [0.4, 0.5) is 27.3 Å². The summed E-state index contributed by atoms with van der Waals surface area (Å²) in [4.78, 5) is 24.9. The summed E-state index contributed by atoms with van der Waals surface area (Å²) < 4.78 is 14.9. The van der Waals surface area contributed by atoms with Crippen LogP contribution in [-0.2, 0) is 11.2 Å². The summed E-state index contributed by atoms with van der Waals surface area (Å²) in [5, 5.41) is 14.4. The lowest BCUT2D eigenvalue weighted by molar-refractivity contribution is -0.127. The summed E-state index contributed by atoms with van der Waals surface area (Å²) in [6, 6.07) is 13.9. The molecule has 8 nitrogen and oxygen atoms in total. The summed E-state index contributed by atoms with van der Waals surface area (Å²) >= 11 is 0. The Labute approximate surface area is 221 Å². The molecule has 0 saturated carbocycles. The molecule has 9 heteroatoms. The Morgan fingerprint density at radius 1 is 1.05 bits per heavy atom. The normalized spacial score (nSPS) is 11.9. The maximum Gasteiger partial charge on any atom is 0.226 e. The van der Waals surface area contributed by atoms with Crippen molar-refractivity contribution in [1.82, 2.24) is 14.9 Å². The van der Waals surface area contributed by atoms with E-state index in [9.17, 15) is 14.3 Å². The van der Waals surface area contributed by atoms with Gasteiger partial charge in [0.05, 0.1) is 18.0 Å². The van der Waals surface area contributed by atoms with Crippen molar-refractivity contribution in [3.63, 3.8) is 0 Å². The van der Waals surface area contributed by atoms with Gasteiger partial charge in [-0.1, -0.05) is 0 Å². The molecule has 0 aliphatic carbocycles. The first kappa shape index (κ1) is 26.7. The van der Waals surface area contributed by atoms with Crippen LogP contribution in [0.2, 0.25) is 0 Å². The number of carbonyl (C=O) groups excluding carboxylic acids is 1. The van der Waals surface area contributed by atoms with Gasteiger partial charge in [-0.2, -0.15) is 0 Å². The van der Waals surface area contributed by atoms with E-state index < -0.39 is 6.04 Å². The third-order valence-electron chi connectivity index (χ3n) is 6.59. The Balaban J connectivity index is 1.70. The third kappa shape index (κ3) is 5.46. The first-order valence-electron chi connectivity index (χ1n) is 12.3. The predicted octanol–water partition coefficient (Wildman–Crippen LogP) is 5.25. The first-order chi connectivity index (χ1) is 17.9. The van der Waals surface area contributed by atoms with Gasteiger partial charge in [-0.15, -0.1) is 0 Å². The number of phenols is 1. The van der Waals surface area contributed by atoms with E-state index in [1.165, 1.54) is 4.90 Å². The van der Waals surface area contributed by atoms with Gasteiger partial charge in [-0.3, -0.25) is 4.79 Å². The minimum atomic E-state index is -0.398. The fraction of sp³-hybridized carbons (Fsp3) is 0.276. The quantitative estimate of drug-likeness (QED) is 0.288. The van der Waals surface area contributed by atoms with E-state index in [0.29, 0.717) is 34.0 Å². The molecule has 1 atom stereocenters. The topological polar surface area (TPSA) is 108 Å². The van der Waals surface area contributed by atoms with Gasteiger partial charge in [0, 0.05) is 54.7 Å². The lowest BCUT2D eigenvalue weighted by Crippen LogP contribution is -2.23. The Bertz CT molecular complexity index is 1520. The van der Waals surface area contributed by atoms with E-state index >= 15 is 0 Å². The Morgan fingerprint density at radius 2 is 1.74 bits per heavy atom. The van der Waals surface area contributed by atoms with Gasteiger partial charge >= 0.3 is 0 Å². The predicted molar refractivity (Wildman–Crippen MR) is 150 cm³/mol. The zero-order valence-electron chi connectivity index (χ0n) is 22.5. The fourth-order valence-corrected chi connectivity index (χ4v) is 4.37. The van der Waals surface area contributed by atoms with Crippen LogP contribution >= 0.6 is 0 Å². The lowest BCUT2D eigenvalue weighted by Gasteiger charge is -2.23. The SMILES string of the molecule is Cc1nc(N[C@H](C)c2cc(N)cc(C)c2F)c2cc(N(C)c3ccc(O)c(CC(=O)N(C)C)c3)ccc2n1. The number of nitrogens with one attached hydrogen (secondary N) is 1. The number of rotatable bonds is 7. The number of phenolic OH excluding ortho intramolecular Hbond substituents is 1. The number of likely N-dealkylation sites (N-methyl/N-ethyl adjacent to an activating group) is 1. The van der Waals surface area contributed by atoms with E-state index in [2.05, 4.69) is 15.3 Å². The maximum absolute atomic E-state index is 14.9. The van der Waals surface area contributed by atoms with Crippen LogP contribution < -0.4 is 16.0 Å². The summed E-state index contributed by atoms with van der Waals surface area (Å²) in [5.41, 5.74) is 10.4. The van der Waals surface area contributed by atoms with Crippen molar-refractivity contribution in [2.24, 2.45) is 0 Å². The Hall–Kier alpha value is -4.40. The van der Waals surface area contributed by atoms with Crippen LogP contribution in [0.1, 0.15) is 35.5 Å². The largest absolute Gasteiger partial charge is 0.508 e. The number of aromatic nitrogens is 2. The third-order valence-corrected chi connectivity index (χ3v) is 6.59. The van der Waals surface area contributed by atoms with E-state index in [1.54, 1.807) is 51.4 Å². The molecule has 0 saturated heterocycles. The highest BCUT2D eigenvalue weighted by Gasteiger charge is 2.18. The molecule has 1 aromatic heterocycles. The van der Waals surface area contributed by atoms with Crippen LogP contribution in [0, 0.1) is 19.7 Å². The average Bonchev–Trinajstić information content (AvgIpc) is 2.86. The number of nitrogens with two attached hydrogens (primary N) is 1. The van der Waals surface area contributed by atoms with Crippen molar-refractivity contribution in [1.29, 1.82) is 0 Å². The van der Waals surface area contributed by atoms with Crippen LogP contribution in [-0.4, -0.2) is 47.0 Å². The van der Waals surface area contributed by atoms with E-state index in [4.69, 9.17) is 5.73 Å². The number of nitrogen functional groups attached to an aromatic ring is 1. The molecule has 0 spiro atoms. The number of aromatic hydroxyl groups is 1. The summed E-state index contributed by atoms with van der Waals surface area (Å²) in [7, 11) is 5.27. The number of benzene rings is 3. The molecule has 38 heavy (non-hydrogen) atoms. The van der Waals surface area contributed by atoms with Crippen molar-refractivity contribution in [3.05, 3.63) is 76.9 Å². The van der Waals surface area contributed by atoms with Gasteiger partial charge in [0.2, 0.25) is 5.91 Å². The van der Waals surface area contributed by atoms with Crippen LogP contribution in [0.25, 0.3) is 10.9 Å². The summed E-state index contributed by atoms with van der Waals surface area (Å²) in [6.07, 6.45) is 0.0946. The van der Waals surface area contributed by atoms with Crippen molar-refractivity contribution >= 4 is 39.7 Å². The van der Waals surface area contributed by atoms with Crippen LogP contribution in [0.5, 0.6) is 5.75 Å². The molecule has 0 radical (unpaired) electrons. The molecule has 4 rings (SSSR count). The van der Waals surface area contributed by atoms with Gasteiger partial charge in [-0.25, -0.2) is 14.4 Å². The van der Waals surface area contributed by atoms with Gasteiger partial charge < -0.3 is 26.0 Å².